The topological polar surface area (TPSA) is 29.5 Å². The molecule has 0 radical (unpaired) electrons. The highest BCUT2D eigenvalue weighted by Crippen LogP contribution is 2.21. The lowest BCUT2D eigenvalue weighted by molar-refractivity contribution is -0.00804. The van der Waals surface area contributed by atoms with Gasteiger partial charge in [-0.25, -0.2) is 0 Å². The number of hydrogen-bond donors (Lipinski definition) is 1. The van der Waals surface area contributed by atoms with Crippen LogP contribution in [0, 0.1) is 6.92 Å². The Labute approximate surface area is 105 Å². The molecular weight excluding hydrogens is 212 g/mol. The average Bonchev–Trinajstić information content (AvgIpc) is 2.23. The van der Waals surface area contributed by atoms with Crippen molar-refractivity contribution in [1.82, 2.24) is 0 Å². The maximum Gasteiger partial charge on any atom is 0.0598 e. The lowest BCUT2D eigenvalue weighted by Gasteiger charge is -2.22. The summed E-state index contributed by atoms with van der Waals surface area (Å²) in [5, 5.41) is 9.44. The Morgan fingerprint density at radius 1 is 1.29 bits per heavy atom. The van der Waals surface area contributed by atoms with Gasteiger partial charge in [0.2, 0.25) is 0 Å². The molecule has 0 aliphatic heterocycles. The molecule has 0 saturated heterocycles. The third-order valence-electron chi connectivity index (χ3n) is 2.74. The van der Waals surface area contributed by atoms with Crippen LogP contribution in [0.5, 0.6) is 0 Å². The van der Waals surface area contributed by atoms with Gasteiger partial charge < -0.3 is 9.84 Å². The van der Waals surface area contributed by atoms with Crippen LogP contribution < -0.4 is 0 Å². The number of aryl methyl sites for hydroxylation is 1. The molecule has 0 heterocycles. The zero-order chi connectivity index (χ0) is 12.9. The molecule has 1 unspecified atom stereocenters. The summed E-state index contributed by atoms with van der Waals surface area (Å²) in [4.78, 5) is 0. The van der Waals surface area contributed by atoms with Crippen molar-refractivity contribution in [2.24, 2.45) is 0 Å². The summed E-state index contributed by atoms with van der Waals surface area (Å²) in [6.07, 6.45) is 0.858. The minimum absolute atomic E-state index is 0.105. The summed E-state index contributed by atoms with van der Waals surface area (Å²) >= 11 is 0. The first-order valence-electron chi connectivity index (χ1n) is 6.24. The fourth-order valence-electron chi connectivity index (χ4n) is 1.79. The lowest BCUT2D eigenvalue weighted by atomic mass is 9.95. The van der Waals surface area contributed by atoms with Gasteiger partial charge in [-0.15, -0.1) is 0 Å². The fraction of sp³-hybridized carbons (Fsp3) is 0.600. The van der Waals surface area contributed by atoms with Gasteiger partial charge in [-0.1, -0.05) is 29.8 Å². The normalized spacial score (nSPS) is 13.7. The van der Waals surface area contributed by atoms with Crippen molar-refractivity contribution in [3.05, 3.63) is 35.4 Å². The number of aliphatic hydroxyl groups is 1. The van der Waals surface area contributed by atoms with Gasteiger partial charge in [0.05, 0.1) is 12.2 Å². The molecule has 0 amide bonds. The first-order valence-corrected chi connectivity index (χ1v) is 6.24. The Hall–Kier alpha value is -0.860. The molecule has 0 saturated carbocycles. The van der Waals surface area contributed by atoms with Crippen molar-refractivity contribution in [2.45, 2.75) is 45.6 Å². The molecule has 2 nitrogen and oxygen atoms in total. The van der Waals surface area contributed by atoms with Crippen LogP contribution in [0.3, 0.4) is 0 Å². The third-order valence-corrected chi connectivity index (χ3v) is 2.74. The SMILES string of the molecule is Cc1cccc(C(CO)CCOC(C)(C)C)c1. The van der Waals surface area contributed by atoms with Gasteiger partial charge in [-0.2, -0.15) is 0 Å². The van der Waals surface area contributed by atoms with E-state index in [0.29, 0.717) is 6.61 Å². The van der Waals surface area contributed by atoms with Crippen molar-refractivity contribution < 1.29 is 9.84 Å². The lowest BCUT2D eigenvalue weighted by Crippen LogP contribution is -2.21. The second kappa shape index (κ2) is 6.18. The maximum absolute atomic E-state index is 9.44. The Kier molecular flexibility index (Phi) is 5.16. The molecule has 0 aromatic heterocycles. The minimum Gasteiger partial charge on any atom is -0.396 e. The smallest absolute Gasteiger partial charge is 0.0598 e. The van der Waals surface area contributed by atoms with Crippen LogP contribution in [-0.2, 0) is 4.74 Å². The van der Waals surface area contributed by atoms with Crippen molar-refractivity contribution in [1.29, 1.82) is 0 Å². The van der Waals surface area contributed by atoms with Gasteiger partial charge in [0.1, 0.15) is 0 Å². The van der Waals surface area contributed by atoms with E-state index >= 15 is 0 Å². The standard InChI is InChI=1S/C15H24O2/c1-12-6-5-7-13(10-12)14(11-16)8-9-17-15(2,3)4/h5-7,10,14,16H,8-9,11H2,1-4H3. The fourth-order valence-corrected chi connectivity index (χ4v) is 1.79. The molecular formula is C15H24O2. The second-order valence-corrected chi connectivity index (χ2v) is 5.54. The summed E-state index contributed by atoms with van der Waals surface area (Å²) in [7, 11) is 0. The Morgan fingerprint density at radius 2 is 2.00 bits per heavy atom. The second-order valence-electron chi connectivity index (χ2n) is 5.54. The van der Waals surface area contributed by atoms with Gasteiger partial charge in [-0.3, -0.25) is 0 Å². The predicted octanol–water partition coefficient (Wildman–Crippen LogP) is 3.28. The molecule has 1 atom stereocenters. The quantitative estimate of drug-likeness (QED) is 0.850. The first kappa shape index (κ1) is 14.2. The van der Waals surface area contributed by atoms with Crippen LogP contribution in [0.2, 0.25) is 0 Å². The highest BCUT2D eigenvalue weighted by Gasteiger charge is 2.14. The van der Waals surface area contributed by atoms with E-state index in [2.05, 4.69) is 25.1 Å². The van der Waals surface area contributed by atoms with E-state index in [0.717, 1.165) is 6.42 Å². The van der Waals surface area contributed by atoms with Crippen LogP contribution in [0.15, 0.2) is 24.3 Å². The summed E-state index contributed by atoms with van der Waals surface area (Å²) < 4.78 is 5.70. The van der Waals surface area contributed by atoms with E-state index < -0.39 is 0 Å². The molecule has 0 spiro atoms. The number of aliphatic hydroxyl groups excluding tert-OH is 1. The summed E-state index contributed by atoms with van der Waals surface area (Å²) in [5.41, 5.74) is 2.33. The van der Waals surface area contributed by atoms with E-state index in [1.165, 1.54) is 11.1 Å². The Bertz CT molecular complexity index is 339. The van der Waals surface area contributed by atoms with Crippen LogP contribution in [-0.4, -0.2) is 23.9 Å². The molecule has 1 aromatic rings. The number of hydrogen-bond acceptors (Lipinski definition) is 2. The van der Waals surface area contributed by atoms with Crippen molar-refractivity contribution in [3.8, 4) is 0 Å². The average molecular weight is 236 g/mol. The molecule has 2 heteroatoms. The predicted molar refractivity (Wildman–Crippen MR) is 71.3 cm³/mol. The zero-order valence-corrected chi connectivity index (χ0v) is 11.4. The number of benzene rings is 1. The van der Waals surface area contributed by atoms with E-state index in [-0.39, 0.29) is 18.1 Å². The van der Waals surface area contributed by atoms with Crippen LogP contribution >= 0.6 is 0 Å². The molecule has 0 bridgehead atoms. The van der Waals surface area contributed by atoms with Crippen LogP contribution in [0.1, 0.15) is 44.2 Å². The zero-order valence-electron chi connectivity index (χ0n) is 11.4. The monoisotopic (exact) mass is 236 g/mol. The van der Waals surface area contributed by atoms with E-state index in [4.69, 9.17) is 4.74 Å². The molecule has 0 fully saturated rings. The van der Waals surface area contributed by atoms with Crippen molar-refractivity contribution in [3.63, 3.8) is 0 Å². The summed E-state index contributed by atoms with van der Waals surface area (Å²) in [6, 6.07) is 8.32. The van der Waals surface area contributed by atoms with Gasteiger partial charge in [0.25, 0.3) is 0 Å². The number of rotatable bonds is 5. The molecule has 0 aliphatic rings. The van der Waals surface area contributed by atoms with Gasteiger partial charge in [0.15, 0.2) is 0 Å². The van der Waals surface area contributed by atoms with Gasteiger partial charge in [-0.05, 0) is 39.7 Å². The van der Waals surface area contributed by atoms with Crippen LogP contribution in [0.4, 0.5) is 0 Å². The maximum atomic E-state index is 9.44. The highest BCUT2D eigenvalue weighted by atomic mass is 16.5. The minimum atomic E-state index is -0.105. The first-order chi connectivity index (χ1) is 7.92. The van der Waals surface area contributed by atoms with Gasteiger partial charge >= 0.3 is 0 Å². The third kappa shape index (κ3) is 5.33. The van der Waals surface area contributed by atoms with E-state index in [9.17, 15) is 5.11 Å². The number of ether oxygens (including phenoxy) is 1. The molecule has 96 valence electrons. The van der Waals surface area contributed by atoms with E-state index in [1.54, 1.807) is 0 Å². The molecule has 0 aliphatic carbocycles. The Balaban J connectivity index is 2.54. The molecule has 1 N–H and O–H groups in total. The summed E-state index contributed by atoms with van der Waals surface area (Å²) in [5.74, 6) is 0.178. The highest BCUT2D eigenvalue weighted by molar-refractivity contribution is 5.25. The van der Waals surface area contributed by atoms with Crippen LogP contribution in [0.25, 0.3) is 0 Å². The summed E-state index contributed by atoms with van der Waals surface area (Å²) in [6.45, 7) is 9.08. The van der Waals surface area contributed by atoms with Gasteiger partial charge in [0, 0.05) is 12.5 Å². The molecule has 17 heavy (non-hydrogen) atoms. The van der Waals surface area contributed by atoms with Crippen molar-refractivity contribution in [2.75, 3.05) is 13.2 Å². The molecule has 1 aromatic carbocycles. The molecule has 1 rings (SSSR count). The van der Waals surface area contributed by atoms with Crippen molar-refractivity contribution >= 4 is 0 Å². The van der Waals surface area contributed by atoms with E-state index in [1.807, 2.05) is 26.8 Å². The Morgan fingerprint density at radius 3 is 2.53 bits per heavy atom. The largest absolute Gasteiger partial charge is 0.396 e.